The van der Waals surface area contributed by atoms with Crippen molar-refractivity contribution in [3.05, 3.63) is 76.2 Å². The lowest BCUT2D eigenvalue weighted by Gasteiger charge is -2.46. The van der Waals surface area contributed by atoms with Crippen LogP contribution in [0.4, 0.5) is 0 Å². The third-order valence-corrected chi connectivity index (χ3v) is 8.03. The van der Waals surface area contributed by atoms with Crippen LogP contribution >= 0.6 is 0 Å². The summed E-state index contributed by atoms with van der Waals surface area (Å²) in [7, 11) is 1.68. The van der Waals surface area contributed by atoms with Gasteiger partial charge in [-0.15, -0.1) is 0 Å². The first-order chi connectivity index (χ1) is 15.0. The van der Waals surface area contributed by atoms with Crippen molar-refractivity contribution >= 4 is 0 Å². The third-order valence-electron chi connectivity index (χ3n) is 8.03. The van der Waals surface area contributed by atoms with E-state index in [2.05, 4.69) is 50.7 Å². The minimum atomic E-state index is -1.05. The van der Waals surface area contributed by atoms with Gasteiger partial charge in [0.25, 0.3) is 5.79 Å². The Morgan fingerprint density at radius 2 is 1.97 bits per heavy atom. The molecule has 5 heteroatoms. The molecule has 156 valence electrons. The van der Waals surface area contributed by atoms with Gasteiger partial charge in [-0.2, -0.15) is 0 Å². The number of fused-ring (bicyclic) bond motifs is 3. The fraction of sp³-hybridized carbons (Fsp3) is 0.346. The lowest BCUT2D eigenvalue weighted by atomic mass is 9.52. The summed E-state index contributed by atoms with van der Waals surface area (Å²) in [6, 6.07) is 10.4. The molecule has 2 aliphatic carbocycles. The van der Waals surface area contributed by atoms with Gasteiger partial charge in [0.2, 0.25) is 0 Å². The molecule has 0 amide bonds. The van der Waals surface area contributed by atoms with Crippen molar-refractivity contribution < 1.29 is 18.7 Å². The molecular formula is C26H23NO4. The van der Waals surface area contributed by atoms with Crippen molar-refractivity contribution in [1.82, 2.24) is 5.16 Å². The van der Waals surface area contributed by atoms with Gasteiger partial charge in [0.1, 0.15) is 28.4 Å². The summed E-state index contributed by atoms with van der Waals surface area (Å²) in [6.07, 6.45) is 0.790. The van der Waals surface area contributed by atoms with Gasteiger partial charge in [-0.3, -0.25) is 0 Å². The molecule has 3 aromatic rings. The molecule has 0 saturated carbocycles. The highest BCUT2D eigenvalue weighted by Crippen LogP contribution is 2.75. The Morgan fingerprint density at radius 1 is 1.13 bits per heavy atom. The standard InChI is InChI=1S/C26H23NO4/c1-12-9-10-17-24(14(12)3)30-26-16-7-6-8-18(28-5)20(16)23-22-19(31-27-23)11-13(2)21(15(4)29-26)25(17,22)26/h6-10,13,21H,4,11H2,1-3,5H3/t13-,21-,25+,26+/m1/s1. The summed E-state index contributed by atoms with van der Waals surface area (Å²) in [5, 5.41) is 4.59. The molecule has 4 aliphatic rings. The summed E-state index contributed by atoms with van der Waals surface area (Å²) < 4.78 is 25.5. The third kappa shape index (κ3) is 1.59. The molecule has 1 spiro atoms. The van der Waals surface area contributed by atoms with Gasteiger partial charge in [0.15, 0.2) is 0 Å². The van der Waals surface area contributed by atoms with E-state index in [1.165, 1.54) is 5.56 Å². The molecule has 1 saturated heterocycles. The normalized spacial score (nSPS) is 30.6. The quantitative estimate of drug-likeness (QED) is 0.551. The van der Waals surface area contributed by atoms with Crippen molar-refractivity contribution in [3.63, 3.8) is 0 Å². The van der Waals surface area contributed by atoms with Crippen molar-refractivity contribution in [2.75, 3.05) is 7.11 Å². The van der Waals surface area contributed by atoms with Gasteiger partial charge < -0.3 is 18.7 Å². The maximum absolute atomic E-state index is 6.95. The number of rotatable bonds is 1. The van der Waals surface area contributed by atoms with Crippen molar-refractivity contribution in [2.24, 2.45) is 11.8 Å². The summed E-state index contributed by atoms with van der Waals surface area (Å²) in [5.41, 5.74) is 6.61. The van der Waals surface area contributed by atoms with Crippen molar-refractivity contribution in [3.8, 4) is 22.8 Å². The minimum absolute atomic E-state index is 0.0563. The molecule has 7 rings (SSSR count). The van der Waals surface area contributed by atoms with Crippen LogP contribution in [0.5, 0.6) is 11.5 Å². The fourth-order valence-electron chi connectivity index (χ4n) is 6.79. The lowest BCUT2D eigenvalue weighted by Crippen LogP contribution is -2.55. The molecule has 2 aliphatic heterocycles. The summed E-state index contributed by atoms with van der Waals surface area (Å²) in [4.78, 5) is 0. The first-order valence-corrected chi connectivity index (χ1v) is 10.8. The Balaban J connectivity index is 1.73. The molecule has 0 N–H and O–H groups in total. The first kappa shape index (κ1) is 17.5. The van der Waals surface area contributed by atoms with Crippen LogP contribution < -0.4 is 9.47 Å². The number of aromatic nitrogens is 1. The number of nitrogens with zero attached hydrogens (tertiary/aromatic N) is 1. The molecule has 31 heavy (non-hydrogen) atoms. The van der Waals surface area contributed by atoms with Crippen LogP contribution in [-0.4, -0.2) is 12.3 Å². The van der Waals surface area contributed by atoms with Gasteiger partial charge in [-0.05, 0) is 37.0 Å². The maximum Gasteiger partial charge on any atom is 0.293 e. The van der Waals surface area contributed by atoms with E-state index in [1.807, 2.05) is 12.1 Å². The Kier molecular flexibility index (Phi) is 2.91. The van der Waals surface area contributed by atoms with Gasteiger partial charge in [-0.25, -0.2) is 0 Å². The Hall–Kier alpha value is -3.21. The summed E-state index contributed by atoms with van der Waals surface area (Å²) in [6.45, 7) is 10.9. The average molecular weight is 413 g/mol. The highest BCUT2D eigenvalue weighted by molar-refractivity contribution is 5.84. The summed E-state index contributed by atoms with van der Waals surface area (Å²) >= 11 is 0. The number of hydrogen-bond acceptors (Lipinski definition) is 5. The van der Waals surface area contributed by atoms with E-state index >= 15 is 0 Å². The largest absolute Gasteiger partial charge is 0.496 e. The molecule has 3 heterocycles. The molecule has 0 unspecified atom stereocenters. The second-order valence-electron chi connectivity index (χ2n) is 9.35. The number of ether oxygens (including phenoxy) is 3. The highest BCUT2D eigenvalue weighted by Gasteiger charge is 2.79. The lowest BCUT2D eigenvalue weighted by molar-refractivity contribution is -0.155. The van der Waals surface area contributed by atoms with Crippen LogP contribution in [0.15, 0.2) is 47.2 Å². The van der Waals surface area contributed by atoms with Crippen LogP contribution in [0.25, 0.3) is 11.3 Å². The summed E-state index contributed by atoms with van der Waals surface area (Å²) in [5.74, 6) is 2.59. The topological polar surface area (TPSA) is 53.7 Å². The predicted octanol–water partition coefficient (Wildman–Crippen LogP) is 5.16. The van der Waals surface area contributed by atoms with E-state index < -0.39 is 11.2 Å². The monoisotopic (exact) mass is 413 g/mol. The molecule has 0 bridgehead atoms. The van der Waals surface area contributed by atoms with Crippen LogP contribution in [0, 0.1) is 25.7 Å². The van der Waals surface area contributed by atoms with E-state index in [4.69, 9.17) is 18.7 Å². The minimum Gasteiger partial charge on any atom is -0.496 e. The van der Waals surface area contributed by atoms with Crippen LogP contribution in [0.1, 0.15) is 40.5 Å². The van der Waals surface area contributed by atoms with Gasteiger partial charge in [0.05, 0.1) is 24.0 Å². The van der Waals surface area contributed by atoms with E-state index in [0.29, 0.717) is 0 Å². The van der Waals surface area contributed by atoms with E-state index in [0.717, 1.165) is 63.0 Å². The fourth-order valence-corrected chi connectivity index (χ4v) is 6.79. The van der Waals surface area contributed by atoms with E-state index in [-0.39, 0.29) is 11.8 Å². The van der Waals surface area contributed by atoms with E-state index in [9.17, 15) is 0 Å². The maximum atomic E-state index is 6.95. The smallest absolute Gasteiger partial charge is 0.293 e. The SMILES string of the molecule is C=C1O[C@@]23Oc4c(ccc(C)c4C)[C@]24c2c(noc2C[C@@H](C)[C@H]14)-c1c(OC)cccc13. The van der Waals surface area contributed by atoms with Gasteiger partial charge in [0, 0.05) is 23.5 Å². The Morgan fingerprint density at radius 3 is 2.77 bits per heavy atom. The van der Waals surface area contributed by atoms with Crippen LogP contribution in [0.2, 0.25) is 0 Å². The molecule has 0 radical (unpaired) electrons. The second-order valence-corrected chi connectivity index (χ2v) is 9.35. The average Bonchev–Trinajstić information content (AvgIpc) is 3.37. The first-order valence-electron chi connectivity index (χ1n) is 10.8. The van der Waals surface area contributed by atoms with Gasteiger partial charge in [-0.1, -0.05) is 42.9 Å². The predicted molar refractivity (Wildman–Crippen MR) is 114 cm³/mol. The number of hydrogen-bond donors (Lipinski definition) is 0. The zero-order valence-corrected chi connectivity index (χ0v) is 18.0. The van der Waals surface area contributed by atoms with Gasteiger partial charge >= 0.3 is 0 Å². The zero-order chi connectivity index (χ0) is 21.3. The number of aryl methyl sites for hydroxylation is 1. The molecule has 4 atom stereocenters. The Bertz CT molecular complexity index is 1340. The molecule has 1 aromatic heterocycles. The zero-order valence-electron chi connectivity index (χ0n) is 18.0. The highest BCUT2D eigenvalue weighted by atomic mass is 16.7. The second kappa shape index (κ2) is 5.16. The van der Waals surface area contributed by atoms with E-state index in [1.54, 1.807) is 7.11 Å². The van der Waals surface area contributed by atoms with Crippen molar-refractivity contribution in [1.29, 1.82) is 0 Å². The van der Waals surface area contributed by atoms with Crippen LogP contribution in [0.3, 0.4) is 0 Å². The number of benzene rings is 2. The number of methoxy groups -OCH3 is 1. The molecule has 1 fully saturated rings. The molecule has 5 nitrogen and oxygen atoms in total. The van der Waals surface area contributed by atoms with Crippen molar-refractivity contribution in [2.45, 2.75) is 38.4 Å². The van der Waals surface area contributed by atoms with Crippen LogP contribution in [-0.2, 0) is 22.4 Å². The molecular weight excluding hydrogens is 390 g/mol. The molecule has 2 aromatic carbocycles. The number of allylic oxidation sites excluding steroid dienone is 1. The Labute approximate surface area is 180 Å².